The molecule has 1 rings (SSSR count). The lowest BCUT2D eigenvalue weighted by atomic mass is 10.1. The van der Waals surface area contributed by atoms with E-state index in [0.29, 0.717) is 16.3 Å². The highest BCUT2D eigenvalue weighted by atomic mass is 35.5. The van der Waals surface area contributed by atoms with E-state index >= 15 is 0 Å². The number of halogens is 1. The van der Waals surface area contributed by atoms with Gasteiger partial charge in [-0.25, -0.2) is 0 Å². The minimum atomic E-state index is -0.382. The van der Waals surface area contributed by atoms with Gasteiger partial charge in [0, 0.05) is 17.5 Å². The number of carbonyl (C=O) groups is 1. The number of carbonyl (C=O) groups excluding carboxylic acids is 1. The molecule has 0 heterocycles. The van der Waals surface area contributed by atoms with Crippen LogP contribution in [0.3, 0.4) is 0 Å². The molecule has 0 saturated carbocycles. The molecule has 1 amide bonds. The molecule has 0 aliphatic carbocycles. The third-order valence-corrected chi connectivity index (χ3v) is 2.25. The van der Waals surface area contributed by atoms with Crippen molar-refractivity contribution >= 4 is 23.2 Å². The summed E-state index contributed by atoms with van der Waals surface area (Å²) in [4.78, 5) is 10.7. The lowest BCUT2D eigenvalue weighted by Gasteiger charge is -2.14. The summed E-state index contributed by atoms with van der Waals surface area (Å²) in [6.45, 7) is 1.82. The SMILES string of the molecule is CC(CC(N)=O)Nc1ccc(Cl)cc1C#N. The van der Waals surface area contributed by atoms with Gasteiger partial charge in [-0.05, 0) is 25.1 Å². The summed E-state index contributed by atoms with van der Waals surface area (Å²) in [5.41, 5.74) is 6.18. The van der Waals surface area contributed by atoms with Crippen molar-refractivity contribution < 1.29 is 4.79 Å². The van der Waals surface area contributed by atoms with Gasteiger partial charge in [0.15, 0.2) is 0 Å². The number of anilines is 1. The Labute approximate surface area is 99.0 Å². The molecule has 0 bridgehead atoms. The minimum Gasteiger partial charge on any atom is -0.381 e. The van der Waals surface area contributed by atoms with Crippen LogP contribution in [0.5, 0.6) is 0 Å². The van der Waals surface area contributed by atoms with E-state index in [9.17, 15) is 4.79 Å². The average molecular weight is 238 g/mol. The second-order valence-corrected chi connectivity index (χ2v) is 3.95. The van der Waals surface area contributed by atoms with E-state index in [1.165, 1.54) is 0 Å². The molecule has 0 aromatic heterocycles. The number of nitrogens with two attached hydrogens (primary N) is 1. The van der Waals surface area contributed by atoms with E-state index in [0.717, 1.165) is 0 Å². The van der Waals surface area contributed by atoms with Crippen LogP contribution in [0.2, 0.25) is 5.02 Å². The van der Waals surface area contributed by atoms with Crippen molar-refractivity contribution in [1.82, 2.24) is 0 Å². The summed E-state index contributed by atoms with van der Waals surface area (Å²) >= 11 is 5.76. The molecule has 0 fully saturated rings. The normalized spacial score (nSPS) is 11.6. The van der Waals surface area contributed by atoms with Crippen LogP contribution in [0, 0.1) is 11.3 Å². The fourth-order valence-corrected chi connectivity index (χ4v) is 1.53. The van der Waals surface area contributed by atoms with Crippen molar-refractivity contribution in [2.45, 2.75) is 19.4 Å². The maximum atomic E-state index is 10.7. The molecule has 1 aromatic carbocycles. The highest BCUT2D eigenvalue weighted by Crippen LogP contribution is 2.20. The summed E-state index contributed by atoms with van der Waals surface area (Å²) < 4.78 is 0. The first-order valence-corrected chi connectivity index (χ1v) is 5.15. The summed E-state index contributed by atoms with van der Waals surface area (Å²) in [7, 11) is 0. The molecule has 84 valence electrons. The maximum absolute atomic E-state index is 10.7. The second kappa shape index (κ2) is 5.38. The van der Waals surface area contributed by atoms with Gasteiger partial charge in [-0.1, -0.05) is 11.6 Å². The first kappa shape index (κ1) is 12.3. The Morgan fingerprint density at radius 3 is 2.94 bits per heavy atom. The van der Waals surface area contributed by atoms with Gasteiger partial charge in [-0.3, -0.25) is 4.79 Å². The zero-order valence-corrected chi connectivity index (χ0v) is 9.58. The quantitative estimate of drug-likeness (QED) is 0.839. The third-order valence-electron chi connectivity index (χ3n) is 2.01. The molecule has 0 saturated heterocycles. The van der Waals surface area contributed by atoms with E-state index < -0.39 is 0 Å². The van der Waals surface area contributed by atoms with E-state index in [2.05, 4.69) is 5.32 Å². The molecule has 16 heavy (non-hydrogen) atoms. The summed E-state index contributed by atoms with van der Waals surface area (Å²) in [6, 6.07) is 6.87. The Hall–Kier alpha value is -1.73. The van der Waals surface area contributed by atoms with E-state index in [1.807, 2.05) is 13.0 Å². The number of benzene rings is 1. The van der Waals surface area contributed by atoms with Crippen LogP contribution in [-0.2, 0) is 4.79 Å². The van der Waals surface area contributed by atoms with Gasteiger partial charge in [0.05, 0.1) is 11.3 Å². The molecule has 5 heteroatoms. The predicted octanol–water partition coefficient (Wildman–Crippen LogP) is 1.89. The molecular weight excluding hydrogens is 226 g/mol. The topological polar surface area (TPSA) is 78.9 Å². The Morgan fingerprint density at radius 2 is 2.38 bits per heavy atom. The monoisotopic (exact) mass is 237 g/mol. The highest BCUT2D eigenvalue weighted by Gasteiger charge is 2.08. The van der Waals surface area contributed by atoms with Crippen molar-refractivity contribution in [2.75, 3.05) is 5.32 Å². The summed E-state index contributed by atoms with van der Waals surface area (Å²) in [6.07, 6.45) is 0.216. The molecule has 1 atom stereocenters. The first-order valence-electron chi connectivity index (χ1n) is 4.77. The zero-order chi connectivity index (χ0) is 12.1. The van der Waals surface area contributed by atoms with E-state index in [4.69, 9.17) is 22.6 Å². The van der Waals surface area contributed by atoms with E-state index in [1.54, 1.807) is 18.2 Å². The van der Waals surface area contributed by atoms with Gasteiger partial charge in [0.25, 0.3) is 0 Å². The van der Waals surface area contributed by atoms with Crippen molar-refractivity contribution in [1.29, 1.82) is 5.26 Å². The number of hydrogen-bond acceptors (Lipinski definition) is 3. The molecule has 0 aliphatic heterocycles. The van der Waals surface area contributed by atoms with Crippen molar-refractivity contribution in [3.63, 3.8) is 0 Å². The molecule has 1 unspecified atom stereocenters. The number of rotatable bonds is 4. The molecule has 0 aliphatic rings. The second-order valence-electron chi connectivity index (χ2n) is 3.52. The number of nitrogens with zero attached hydrogens (tertiary/aromatic N) is 1. The van der Waals surface area contributed by atoms with Gasteiger partial charge >= 0.3 is 0 Å². The third kappa shape index (κ3) is 3.44. The van der Waals surface area contributed by atoms with Crippen molar-refractivity contribution in [2.24, 2.45) is 5.73 Å². The van der Waals surface area contributed by atoms with Crippen LogP contribution in [0.15, 0.2) is 18.2 Å². The zero-order valence-electron chi connectivity index (χ0n) is 8.83. The fraction of sp³-hybridized carbons (Fsp3) is 0.273. The van der Waals surface area contributed by atoms with Crippen LogP contribution >= 0.6 is 11.6 Å². The molecule has 1 aromatic rings. The maximum Gasteiger partial charge on any atom is 0.219 e. The number of hydrogen-bond donors (Lipinski definition) is 2. The van der Waals surface area contributed by atoms with E-state index in [-0.39, 0.29) is 18.4 Å². The smallest absolute Gasteiger partial charge is 0.219 e. The number of nitrogens with one attached hydrogen (secondary N) is 1. The van der Waals surface area contributed by atoms with Gasteiger partial charge in [0.2, 0.25) is 5.91 Å². The number of primary amides is 1. The Morgan fingerprint density at radius 1 is 1.69 bits per heavy atom. The lowest BCUT2D eigenvalue weighted by Crippen LogP contribution is -2.24. The molecular formula is C11H12ClN3O. The summed E-state index contributed by atoms with van der Waals surface area (Å²) in [5.74, 6) is -0.382. The van der Waals surface area contributed by atoms with Gasteiger partial charge in [-0.2, -0.15) is 5.26 Å². The molecule has 0 spiro atoms. The Bertz CT molecular complexity index is 439. The number of nitriles is 1. The average Bonchev–Trinajstić information content (AvgIpc) is 2.19. The fourth-order valence-electron chi connectivity index (χ4n) is 1.35. The van der Waals surface area contributed by atoms with Crippen LogP contribution in [0.1, 0.15) is 18.9 Å². The first-order chi connectivity index (χ1) is 7.52. The lowest BCUT2D eigenvalue weighted by molar-refractivity contribution is -0.118. The highest BCUT2D eigenvalue weighted by molar-refractivity contribution is 6.30. The Kier molecular flexibility index (Phi) is 4.15. The number of amides is 1. The van der Waals surface area contributed by atoms with Crippen LogP contribution in [0.4, 0.5) is 5.69 Å². The largest absolute Gasteiger partial charge is 0.381 e. The predicted molar refractivity (Wildman–Crippen MR) is 63.1 cm³/mol. The molecule has 4 nitrogen and oxygen atoms in total. The van der Waals surface area contributed by atoms with Crippen LogP contribution < -0.4 is 11.1 Å². The van der Waals surface area contributed by atoms with Crippen molar-refractivity contribution in [3.05, 3.63) is 28.8 Å². The standard InChI is InChI=1S/C11H12ClN3O/c1-7(4-11(14)16)15-10-3-2-9(12)5-8(10)6-13/h2-3,5,7,15H,4H2,1H3,(H2,14,16). The van der Waals surface area contributed by atoms with Crippen LogP contribution in [0.25, 0.3) is 0 Å². The van der Waals surface area contributed by atoms with Gasteiger partial charge < -0.3 is 11.1 Å². The summed E-state index contributed by atoms with van der Waals surface area (Å²) in [5, 5.41) is 12.4. The molecule has 0 radical (unpaired) electrons. The molecule has 3 N–H and O–H groups in total. The Balaban J connectivity index is 2.81. The van der Waals surface area contributed by atoms with Gasteiger partial charge in [-0.15, -0.1) is 0 Å². The minimum absolute atomic E-state index is 0.120. The van der Waals surface area contributed by atoms with Crippen LogP contribution in [-0.4, -0.2) is 11.9 Å². The van der Waals surface area contributed by atoms with Crippen molar-refractivity contribution in [3.8, 4) is 6.07 Å². The van der Waals surface area contributed by atoms with Gasteiger partial charge in [0.1, 0.15) is 6.07 Å².